The third-order valence-corrected chi connectivity index (χ3v) is 4.33. The number of aliphatic imine (C=N–C) groups is 1. The molecular weight excluding hydrogens is 480 g/mol. The first-order chi connectivity index (χ1) is 17.3. The van der Waals surface area contributed by atoms with Crippen molar-refractivity contribution < 1.29 is 33.3 Å². The summed E-state index contributed by atoms with van der Waals surface area (Å²) in [6, 6.07) is 8.38. The average molecular weight is 523 g/mol. The van der Waals surface area contributed by atoms with Crippen LogP contribution in [0.2, 0.25) is 0 Å². The third kappa shape index (κ3) is 16.1. The molecule has 208 valence electrons. The van der Waals surface area contributed by atoms with E-state index < -0.39 is 35.4 Å². The number of methoxy groups -OCH3 is 1. The first-order valence-electron chi connectivity index (χ1n) is 12.3. The summed E-state index contributed by atoms with van der Waals surface area (Å²) in [6.45, 7) is 11.6. The molecule has 2 amide bonds. The lowest BCUT2D eigenvalue weighted by Gasteiger charge is -2.26. The second-order valence-corrected chi connectivity index (χ2v) is 10.2. The molecular formula is C26H42N4O7. The van der Waals surface area contributed by atoms with Crippen molar-refractivity contribution in [2.75, 3.05) is 26.8 Å². The maximum atomic E-state index is 12.7. The highest BCUT2D eigenvalue weighted by Crippen LogP contribution is 2.12. The molecule has 0 aliphatic carbocycles. The Hall–Kier alpha value is -3.34. The van der Waals surface area contributed by atoms with Crippen molar-refractivity contribution in [1.82, 2.24) is 16.0 Å². The fourth-order valence-corrected chi connectivity index (χ4v) is 2.82. The fraction of sp³-hybridized carbons (Fsp3) is 0.615. The number of esters is 1. The number of nitrogens with zero attached hydrogens (tertiary/aromatic N) is 1. The predicted octanol–water partition coefficient (Wildman–Crippen LogP) is 3.52. The largest absolute Gasteiger partial charge is 0.458 e. The van der Waals surface area contributed by atoms with Crippen LogP contribution >= 0.6 is 0 Å². The van der Waals surface area contributed by atoms with E-state index >= 15 is 0 Å². The van der Waals surface area contributed by atoms with Gasteiger partial charge in [0.2, 0.25) is 5.96 Å². The van der Waals surface area contributed by atoms with E-state index in [4.69, 9.17) is 18.9 Å². The van der Waals surface area contributed by atoms with Crippen molar-refractivity contribution in [2.45, 2.75) is 78.2 Å². The quantitative estimate of drug-likeness (QED) is 0.132. The van der Waals surface area contributed by atoms with Crippen molar-refractivity contribution in [3.05, 3.63) is 35.9 Å². The molecule has 0 aromatic heterocycles. The molecule has 3 N–H and O–H groups in total. The van der Waals surface area contributed by atoms with Gasteiger partial charge in [0.05, 0.1) is 6.61 Å². The highest BCUT2D eigenvalue weighted by molar-refractivity contribution is 5.93. The molecule has 1 aromatic rings. The zero-order chi connectivity index (χ0) is 27.9. The minimum absolute atomic E-state index is 0.117. The van der Waals surface area contributed by atoms with Crippen LogP contribution in [0.4, 0.5) is 9.59 Å². The molecule has 11 heteroatoms. The average Bonchev–Trinajstić information content (AvgIpc) is 2.78. The van der Waals surface area contributed by atoms with Gasteiger partial charge < -0.3 is 29.6 Å². The van der Waals surface area contributed by atoms with E-state index in [-0.39, 0.29) is 25.5 Å². The molecule has 0 fully saturated rings. The summed E-state index contributed by atoms with van der Waals surface area (Å²) in [4.78, 5) is 41.6. The number of ether oxygens (including phenoxy) is 4. The Bertz CT molecular complexity index is 877. The zero-order valence-electron chi connectivity index (χ0n) is 23.0. The Labute approximate surface area is 219 Å². The second-order valence-electron chi connectivity index (χ2n) is 10.2. The summed E-state index contributed by atoms with van der Waals surface area (Å²) in [5, 5.41) is 8.15. The van der Waals surface area contributed by atoms with Gasteiger partial charge in [-0.2, -0.15) is 0 Å². The molecule has 1 atom stereocenters. The van der Waals surface area contributed by atoms with Crippen LogP contribution in [0.5, 0.6) is 0 Å². The van der Waals surface area contributed by atoms with Gasteiger partial charge in [-0.05, 0) is 59.9 Å². The van der Waals surface area contributed by atoms with Crippen LogP contribution < -0.4 is 16.0 Å². The maximum absolute atomic E-state index is 12.7. The maximum Gasteiger partial charge on any atom is 0.414 e. The summed E-state index contributed by atoms with van der Waals surface area (Å²) in [5.41, 5.74) is -0.573. The lowest BCUT2D eigenvalue weighted by molar-refractivity contribution is -0.157. The Morgan fingerprint density at radius 1 is 0.946 bits per heavy atom. The number of hydrogen-bond donors (Lipinski definition) is 3. The Morgan fingerprint density at radius 3 is 2.19 bits per heavy atom. The van der Waals surface area contributed by atoms with Gasteiger partial charge in [-0.25, -0.2) is 14.4 Å². The van der Waals surface area contributed by atoms with Gasteiger partial charge in [-0.3, -0.25) is 10.3 Å². The number of carbonyl (C=O) groups excluding carboxylic acids is 3. The normalized spacial score (nSPS) is 12.8. The first kappa shape index (κ1) is 31.7. The van der Waals surface area contributed by atoms with Crippen molar-refractivity contribution in [2.24, 2.45) is 4.99 Å². The molecule has 0 unspecified atom stereocenters. The molecule has 0 saturated carbocycles. The topological polar surface area (TPSA) is 137 Å². The van der Waals surface area contributed by atoms with Gasteiger partial charge in [0.15, 0.2) is 0 Å². The van der Waals surface area contributed by atoms with Crippen molar-refractivity contribution >= 4 is 24.1 Å². The lowest BCUT2D eigenvalue weighted by Crippen LogP contribution is -2.46. The van der Waals surface area contributed by atoms with Crippen LogP contribution in [0.1, 0.15) is 59.9 Å². The van der Waals surface area contributed by atoms with Crippen molar-refractivity contribution in [1.29, 1.82) is 0 Å². The van der Waals surface area contributed by atoms with Gasteiger partial charge in [0.25, 0.3) is 0 Å². The van der Waals surface area contributed by atoms with Crippen LogP contribution in [0.3, 0.4) is 0 Å². The first-order valence-corrected chi connectivity index (χ1v) is 12.3. The Balaban J connectivity index is 2.74. The SMILES string of the molecule is COCCNC(=NCCC[C@H](NC(=O)OC(C)(C)C)C(=O)OC(C)(C)C)NC(=O)OCc1ccccc1. The number of benzene rings is 1. The number of amides is 2. The van der Waals surface area contributed by atoms with E-state index in [1.54, 1.807) is 48.7 Å². The molecule has 0 heterocycles. The molecule has 0 aliphatic rings. The summed E-state index contributed by atoms with van der Waals surface area (Å²) in [6.07, 6.45) is -0.709. The summed E-state index contributed by atoms with van der Waals surface area (Å²) < 4.78 is 21.0. The predicted molar refractivity (Wildman–Crippen MR) is 140 cm³/mol. The minimum atomic E-state index is -0.919. The van der Waals surface area contributed by atoms with Crippen LogP contribution in [0.25, 0.3) is 0 Å². The fourth-order valence-electron chi connectivity index (χ4n) is 2.82. The van der Waals surface area contributed by atoms with Gasteiger partial charge >= 0.3 is 18.2 Å². The molecule has 0 spiro atoms. The summed E-state index contributed by atoms with van der Waals surface area (Å²) in [5.74, 6) is -0.354. The summed E-state index contributed by atoms with van der Waals surface area (Å²) >= 11 is 0. The summed E-state index contributed by atoms with van der Waals surface area (Å²) in [7, 11) is 1.56. The number of guanidine groups is 1. The van der Waals surface area contributed by atoms with Gasteiger partial charge in [-0.1, -0.05) is 30.3 Å². The van der Waals surface area contributed by atoms with Crippen LogP contribution in [-0.4, -0.2) is 68.2 Å². The van der Waals surface area contributed by atoms with Crippen LogP contribution in [0, 0.1) is 0 Å². The molecule has 11 nitrogen and oxygen atoms in total. The number of carbonyl (C=O) groups is 3. The Kier molecular flexibility index (Phi) is 13.4. The monoisotopic (exact) mass is 522 g/mol. The molecule has 0 aliphatic heterocycles. The van der Waals surface area contributed by atoms with E-state index in [9.17, 15) is 14.4 Å². The molecule has 0 radical (unpaired) electrons. The number of hydrogen-bond acceptors (Lipinski definition) is 8. The molecule has 37 heavy (non-hydrogen) atoms. The molecule has 0 bridgehead atoms. The second kappa shape index (κ2) is 15.7. The van der Waals surface area contributed by atoms with E-state index in [0.29, 0.717) is 19.6 Å². The van der Waals surface area contributed by atoms with Crippen LogP contribution in [0.15, 0.2) is 35.3 Å². The van der Waals surface area contributed by atoms with E-state index in [1.807, 2.05) is 30.3 Å². The molecule has 1 rings (SSSR count). The zero-order valence-corrected chi connectivity index (χ0v) is 23.0. The van der Waals surface area contributed by atoms with E-state index in [0.717, 1.165) is 5.56 Å². The van der Waals surface area contributed by atoms with Gasteiger partial charge in [-0.15, -0.1) is 0 Å². The highest BCUT2D eigenvalue weighted by Gasteiger charge is 2.28. The van der Waals surface area contributed by atoms with Crippen molar-refractivity contribution in [3.8, 4) is 0 Å². The third-order valence-electron chi connectivity index (χ3n) is 4.33. The minimum Gasteiger partial charge on any atom is -0.458 e. The van der Waals surface area contributed by atoms with Gasteiger partial charge in [0, 0.05) is 20.2 Å². The lowest BCUT2D eigenvalue weighted by atomic mass is 10.1. The van der Waals surface area contributed by atoms with Gasteiger partial charge in [0.1, 0.15) is 23.9 Å². The number of rotatable bonds is 11. The Morgan fingerprint density at radius 2 is 1.59 bits per heavy atom. The standard InChI is InChI=1S/C26H42N4O7/c1-25(2,3)36-21(31)20(29-24(33)37-26(4,5)6)14-11-15-27-22(28-16-17-34-7)30-23(32)35-18-19-12-9-8-10-13-19/h8-10,12-13,20H,11,14-18H2,1-7H3,(H,29,33)(H2,27,28,30,32)/t20-/m0/s1. The highest BCUT2D eigenvalue weighted by atomic mass is 16.6. The van der Waals surface area contributed by atoms with E-state index in [1.165, 1.54) is 0 Å². The van der Waals surface area contributed by atoms with Crippen molar-refractivity contribution in [3.63, 3.8) is 0 Å². The number of alkyl carbamates (subject to hydrolysis) is 2. The van der Waals surface area contributed by atoms with E-state index in [2.05, 4.69) is 20.9 Å². The molecule has 0 saturated heterocycles. The number of nitrogens with one attached hydrogen (secondary N) is 3. The van der Waals surface area contributed by atoms with Crippen LogP contribution in [-0.2, 0) is 30.3 Å². The molecule has 1 aromatic carbocycles. The smallest absolute Gasteiger partial charge is 0.414 e.